The van der Waals surface area contributed by atoms with E-state index < -0.39 is 6.34 Å². The molecule has 2 aliphatic heterocycles. The van der Waals surface area contributed by atoms with Crippen molar-refractivity contribution in [2.45, 2.75) is 32.6 Å². The number of imide groups is 1. The van der Waals surface area contributed by atoms with Crippen molar-refractivity contribution in [3.05, 3.63) is 12.2 Å². The zero-order valence-electron chi connectivity index (χ0n) is 23.0. The number of hydrogen-bond donors (Lipinski definition) is 2. The molecule has 2 heterocycles. The van der Waals surface area contributed by atoms with Gasteiger partial charge in [0.2, 0.25) is 7.34 Å². The molecule has 4 aliphatic rings. The number of amides is 3. The summed E-state index contributed by atoms with van der Waals surface area (Å²) in [5.74, 6) is -0.746. The average molecular weight is 497 g/mol. The van der Waals surface area contributed by atoms with Crippen molar-refractivity contribution in [2.75, 3.05) is 53.0 Å². The van der Waals surface area contributed by atoms with Crippen LogP contribution in [0.25, 0.3) is 0 Å². The van der Waals surface area contributed by atoms with Crippen molar-refractivity contribution in [3.8, 4) is 0 Å². The molecule has 3 amide bonds. The third-order valence-corrected chi connectivity index (χ3v) is 6.82. The standard InChI is InChI=1S/C21H30N2O6.CH3Cl.CH4O/c1-21(13-24)5-7-22(8-6-21)16(25)12-28-9-2-10-29-23-19(26)17-14-3-4-15(11-14)18(17)20(23)27;2*1-2/h3-4,14-15,17-18,24H,2,5-13H2,1H3;1H3;2H,1H3/i1T;1T2;2T. The maximum atomic E-state index is 12.5. The molecule has 2 N–H and O–H groups in total. The van der Waals surface area contributed by atoms with Crippen LogP contribution in [0.4, 0.5) is 0 Å². The van der Waals surface area contributed by atoms with Gasteiger partial charge in [0.15, 0.2) is 0 Å². The van der Waals surface area contributed by atoms with Gasteiger partial charge in [-0.15, -0.1) is 11.6 Å². The van der Waals surface area contributed by atoms with E-state index >= 15 is 0 Å². The van der Waals surface area contributed by atoms with E-state index in [1.54, 1.807) is 4.90 Å². The van der Waals surface area contributed by atoms with Crippen molar-refractivity contribution in [1.29, 1.82) is 1.43 Å². The Labute approximate surface area is 206 Å². The number of halogens is 1. The molecule has 10 heteroatoms. The number of alkyl halides is 1. The fourth-order valence-electron chi connectivity index (χ4n) is 4.96. The molecule has 4 rings (SSSR count). The second-order valence-corrected chi connectivity index (χ2v) is 8.75. The largest absolute Gasteiger partial charge is 0.400 e. The Hall–Kier alpha value is -1.52. The number of hydroxylamine groups is 2. The first-order chi connectivity index (χ1) is 17.6. The van der Waals surface area contributed by atoms with Gasteiger partial charge in [-0.05, 0) is 42.9 Å². The highest BCUT2D eigenvalue weighted by Gasteiger charge is 2.60. The number of aliphatic hydroxyl groups is 2. The number of ether oxygens (including phenoxy) is 1. The highest BCUT2D eigenvalue weighted by atomic mass is 35.5. The molecular formula is C23H37ClN2O7. The SMILES string of the molecule is [3H]C([3H])Cl.[3H]CC1(CO)CCN(C(=O)COCCCON2C(=O)C3C4C=CC(C4)C3C2=O)CC1.[3H]OC. The van der Waals surface area contributed by atoms with Gasteiger partial charge in [0.05, 0.1) is 18.4 Å². The van der Waals surface area contributed by atoms with Crippen molar-refractivity contribution < 1.29 is 38.3 Å². The monoisotopic (exact) mass is 496 g/mol. The highest BCUT2D eigenvalue weighted by Crippen LogP contribution is 2.52. The maximum absolute atomic E-state index is 12.5. The molecule has 1 saturated carbocycles. The predicted octanol–water partition coefficient (Wildman–Crippen LogP) is 1.22. The minimum atomic E-state index is -1.19. The van der Waals surface area contributed by atoms with Crippen molar-refractivity contribution in [3.63, 3.8) is 0 Å². The second kappa shape index (κ2) is 12.8. The summed E-state index contributed by atoms with van der Waals surface area (Å²) < 4.78 is 30.8. The Morgan fingerprint density at radius 1 is 1.24 bits per heavy atom. The van der Waals surface area contributed by atoms with Gasteiger partial charge in [-0.1, -0.05) is 19.1 Å². The van der Waals surface area contributed by atoms with Crippen molar-refractivity contribution in [2.24, 2.45) is 29.1 Å². The van der Waals surface area contributed by atoms with Gasteiger partial charge in [-0.25, -0.2) is 0 Å². The van der Waals surface area contributed by atoms with Gasteiger partial charge >= 0.3 is 0 Å². The van der Waals surface area contributed by atoms with Gasteiger partial charge in [-0.3, -0.25) is 19.2 Å². The summed E-state index contributed by atoms with van der Waals surface area (Å²) in [5.41, 5.74) is -0.381. The van der Waals surface area contributed by atoms with E-state index in [1.807, 2.05) is 12.2 Å². The first-order valence-corrected chi connectivity index (χ1v) is 11.5. The number of allylic oxidation sites excluding steroid dienone is 2. The van der Waals surface area contributed by atoms with E-state index in [2.05, 4.69) is 16.7 Å². The zero-order valence-corrected chi connectivity index (χ0v) is 19.7. The molecule has 0 spiro atoms. The van der Waals surface area contributed by atoms with E-state index in [4.69, 9.17) is 15.1 Å². The molecule has 3 fully saturated rings. The Morgan fingerprint density at radius 2 is 1.82 bits per heavy atom. The Balaban J connectivity index is 0.000000616. The van der Waals surface area contributed by atoms with Crippen molar-refractivity contribution in [1.82, 2.24) is 9.96 Å². The molecule has 0 aromatic carbocycles. The van der Waals surface area contributed by atoms with Crippen molar-refractivity contribution >= 4 is 29.3 Å². The maximum Gasteiger partial charge on any atom is 0.258 e. The number of nitrogens with zero attached hydrogens (tertiary/aromatic N) is 2. The second-order valence-electron chi connectivity index (χ2n) is 8.75. The summed E-state index contributed by atoms with van der Waals surface area (Å²) in [6.07, 6.45) is 5.52. The van der Waals surface area contributed by atoms with Crippen LogP contribution in [0.2, 0.25) is 0 Å². The fraction of sp³-hybridized carbons (Fsp3) is 0.783. The van der Waals surface area contributed by atoms with E-state index in [0.717, 1.165) is 11.5 Å². The third kappa shape index (κ3) is 6.14. The quantitative estimate of drug-likeness (QED) is 0.224. The average Bonchev–Trinajstić information content (AvgIpc) is 3.56. The molecule has 2 saturated heterocycles. The third-order valence-electron chi connectivity index (χ3n) is 6.82. The molecule has 9 nitrogen and oxygen atoms in total. The Morgan fingerprint density at radius 3 is 2.33 bits per heavy atom. The number of aliphatic hydroxyl groups excluding tert-OH is 2. The molecule has 0 radical (unpaired) electrons. The molecular weight excluding hydrogens is 452 g/mol. The predicted molar refractivity (Wildman–Crippen MR) is 122 cm³/mol. The number of hydrogen-bond acceptors (Lipinski definition) is 7. The molecule has 4 unspecified atom stereocenters. The van der Waals surface area contributed by atoms with Crippen LogP contribution in [0.5, 0.6) is 0 Å². The summed E-state index contributed by atoms with van der Waals surface area (Å²) in [6.45, 7) is 1.66. The summed E-state index contributed by atoms with van der Waals surface area (Å²) >= 11 is 4.61. The first-order valence-electron chi connectivity index (χ1n) is 13.3. The lowest BCUT2D eigenvalue weighted by molar-refractivity contribution is -0.191. The smallest absolute Gasteiger partial charge is 0.258 e. The highest BCUT2D eigenvalue weighted by molar-refractivity contribution is 6.15. The van der Waals surface area contributed by atoms with Crippen LogP contribution in [-0.4, -0.2) is 92.3 Å². The van der Waals surface area contributed by atoms with Gasteiger partial charge in [0, 0.05) is 43.9 Å². The number of carbonyl (C=O) groups excluding carboxylic acids is 3. The molecule has 2 aliphatic carbocycles. The van der Waals surface area contributed by atoms with Crippen LogP contribution in [-0.2, 0) is 24.0 Å². The lowest BCUT2D eigenvalue weighted by Gasteiger charge is -2.38. The minimum absolute atomic E-state index is 0.0175. The van der Waals surface area contributed by atoms with Crippen LogP contribution in [0.15, 0.2) is 12.2 Å². The molecule has 0 aromatic heterocycles. The summed E-state index contributed by atoms with van der Waals surface area (Å²) in [7, 11) is 1.29. The summed E-state index contributed by atoms with van der Waals surface area (Å²) in [5, 5.41) is 13.9. The molecule has 0 aromatic rings. The number of carbonyl (C=O) groups is 3. The number of rotatable bonds is 8. The van der Waals surface area contributed by atoms with Gasteiger partial charge < -0.3 is 19.9 Å². The molecule has 4 atom stereocenters. The van der Waals surface area contributed by atoms with Crippen LogP contribution < -0.4 is 0 Å². The lowest BCUT2D eigenvalue weighted by Crippen LogP contribution is -2.44. The van der Waals surface area contributed by atoms with Crippen LogP contribution in [0.3, 0.4) is 0 Å². The molecule has 2 bridgehead atoms. The van der Waals surface area contributed by atoms with Crippen LogP contribution in [0, 0.1) is 29.1 Å². The van der Waals surface area contributed by atoms with Gasteiger partial charge in [-0.2, -0.15) is 5.06 Å². The van der Waals surface area contributed by atoms with Gasteiger partial charge in [0.25, 0.3) is 11.8 Å². The summed E-state index contributed by atoms with van der Waals surface area (Å²) in [6, 6.07) is 0. The van der Waals surface area contributed by atoms with Crippen LogP contribution in [0.1, 0.15) is 36.7 Å². The first kappa shape index (κ1) is 22.0. The summed E-state index contributed by atoms with van der Waals surface area (Å²) in [4.78, 5) is 44.4. The van der Waals surface area contributed by atoms with E-state index in [0.29, 0.717) is 39.0 Å². The van der Waals surface area contributed by atoms with Crippen LogP contribution >= 0.6 is 11.6 Å². The lowest BCUT2D eigenvalue weighted by atomic mass is 9.81. The molecule has 33 heavy (non-hydrogen) atoms. The Bertz CT molecular complexity index is 760. The number of likely N-dealkylation sites (tertiary alicyclic amines) is 1. The fourth-order valence-corrected chi connectivity index (χ4v) is 4.96. The minimum Gasteiger partial charge on any atom is -0.400 e. The van der Waals surface area contributed by atoms with E-state index in [9.17, 15) is 19.5 Å². The van der Waals surface area contributed by atoms with E-state index in [-0.39, 0.29) is 73.5 Å². The topological polar surface area (TPSA) is 117 Å². The number of fused-ring (bicyclic) bond motifs is 5. The van der Waals surface area contributed by atoms with Gasteiger partial charge in [0.1, 0.15) is 6.61 Å². The zero-order chi connectivity index (χ0) is 27.6. The van der Waals surface area contributed by atoms with E-state index in [1.165, 1.54) is 7.11 Å². The molecule has 188 valence electrons. The number of piperidine rings is 1. The Kier molecular flexibility index (Phi) is 8.53. The normalized spacial score (nSPS) is 30.5.